The van der Waals surface area contributed by atoms with Gasteiger partial charge in [0.15, 0.2) is 0 Å². The molecule has 0 aliphatic rings. The van der Waals surface area contributed by atoms with E-state index in [4.69, 9.17) is 0 Å². The fourth-order valence-electron chi connectivity index (χ4n) is 2.55. The zero-order chi connectivity index (χ0) is 18.4. The Balaban J connectivity index is 1.60. The third kappa shape index (κ3) is 4.66. The number of carbonyl (C=O) groups excluding carboxylic acids is 1. The van der Waals surface area contributed by atoms with Crippen LogP contribution in [0, 0.1) is 13.8 Å². The minimum absolute atomic E-state index is 0.214. The van der Waals surface area contributed by atoms with Gasteiger partial charge in [-0.3, -0.25) is 4.79 Å². The molecule has 2 aromatic carbocycles. The van der Waals surface area contributed by atoms with E-state index in [1.807, 2.05) is 31.2 Å². The lowest BCUT2D eigenvalue weighted by atomic mass is 10.1. The summed E-state index contributed by atoms with van der Waals surface area (Å²) in [5, 5.41) is 6.13. The molecule has 0 radical (unpaired) electrons. The highest BCUT2D eigenvalue weighted by atomic mass is 16.1. The highest BCUT2D eigenvalue weighted by Gasteiger charge is 2.09. The van der Waals surface area contributed by atoms with Crippen molar-refractivity contribution in [1.29, 1.82) is 0 Å². The summed E-state index contributed by atoms with van der Waals surface area (Å²) in [6.45, 7) is 5.20. The van der Waals surface area contributed by atoms with Crippen molar-refractivity contribution < 1.29 is 4.79 Å². The van der Waals surface area contributed by atoms with E-state index in [1.165, 1.54) is 11.9 Å². The van der Waals surface area contributed by atoms with E-state index in [0.717, 1.165) is 16.7 Å². The third-order valence-electron chi connectivity index (χ3n) is 4.19. The summed E-state index contributed by atoms with van der Waals surface area (Å²) in [6, 6.07) is 17.9. The van der Waals surface area contributed by atoms with Crippen molar-refractivity contribution in [3.8, 4) is 0 Å². The SMILES string of the molecule is Cc1ccc(CNc2cc(C(=O)NCc3ccccc3C)ncn2)cc1. The van der Waals surface area contributed by atoms with Gasteiger partial charge in [-0.15, -0.1) is 0 Å². The second-order valence-electron chi connectivity index (χ2n) is 6.24. The lowest BCUT2D eigenvalue weighted by molar-refractivity contribution is 0.0945. The van der Waals surface area contributed by atoms with Gasteiger partial charge in [0, 0.05) is 19.2 Å². The van der Waals surface area contributed by atoms with E-state index < -0.39 is 0 Å². The number of hydrogen-bond acceptors (Lipinski definition) is 4. The molecule has 26 heavy (non-hydrogen) atoms. The van der Waals surface area contributed by atoms with Crippen LogP contribution in [-0.2, 0) is 13.1 Å². The molecule has 0 aliphatic carbocycles. The summed E-state index contributed by atoms with van der Waals surface area (Å²) in [4.78, 5) is 20.6. The molecular formula is C21H22N4O. The maximum absolute atomic E-state index is 12.4. The Morgan fingerprint density at radius 1 is 0.962 bits per heavy atom. The number of amides is 1. The summed E-state index contributed by atoms with van der Waals surface area (Å²) in [6.07, 6.45) is 1.40. The van der Waals surface area contributed by atoms with Crippen LogP contribution in [0.3, 0.4) is 0 Å². The van der Waals surface area contributed by atoms with Crippen LogP contribution >= 0.6 is 0 Å². The number of rotatable bonds is 6. The van der Waals surface area contributed by atoms with Gasteiger partial charge in [0.2, 0.25) is 0 Å². The smallest absolute Gasteiger partial charge is 0.270 e. The lowest BCUT2D eigenvalue weighted by Gasteiger charge is -2.09. The first-order valence-electron chi connectivity index (χ1n) is 8.56. The van der Waals surface area contributed by atoms with Gasteiger partial charge in [-0.25, -0.2) is 9.97 Å². The monoisotopic (exact) mass is 346 g/mol. The Morgan fingerprint density at radius 3 is 2.50 bits per heavy atom. The zero-order valence-electron chi connectivity index (χ0n) is 15.0. The molecule has 0 saturated heterocycles. The molecule has 2 N–H and O–H groups in total. The molecular weight excluding hydrogens is 324 g/mol. The molecule has 0 atom stereocenters. The normalized spacial score (nSPS) is 10.4. The van der Waals surface area contributed by atoms with Crippen molar-refractivity contribution in [2.24, 2.45) is 0 Å². The first kappa shape index (κ1) is 17.6. The minimum Gasteiger partial charge on any atom is -0.366 e. The molecule has 3 aromatic rings. The maximum atomic E-state index is 12.4. The van der Waals surface area contributed by atoms with Crippen molar-refractivity contribution in [1.82, 2.24) is 15.3 Å². The van der Waals surface area contributed by atoms with Crippen molar-refractivity contribution >= 4 is 11.7 Å². The largest absolute Gasteiger partial charge is 0.366 e. The van der Waals surface area contributed by atoms with Crippen LogP contribution in [0.5, 0.6) is 0 Å². The average molecular weight is 346 g/mol. The highest BCUT2D eigenvalue weighted by Crippen LogP contribution is 2.10. The molecule has 132 valence electrons. The molecule has 0 unspecified atom stereocenters. The van der Waals surface area contributed by atoms with E-state index in [9.17, 15) is 4.79 Å². The predicted molar refractivity (Wildman–Crippen MR) is 103 cm³/mol. The number of aromatic nitrogens is 2. The number of aryl methyl sites for hydroxylation is 2. The van der Waals surface area contributed by atoms with Crippen LogP contribution in [0.4, 0.5) is 5.82 Å². The molecule has 0 aliphatic heterocycles. The topological polar surface area (TPSA) is 66.9 Å². The molecule has 5 nitrogen and oxygen atoms in total. The molecule has 0 bridgehead atoms. The standard InChI is InChI=1S/C21H22N4O/c1-15-7-9-17(10-8-15)12-22-20-11-19(24-14-25-20)21(26)23-13-18-6-4-3-5-16(18)2/h3-11,14H,12-13H2,1-2H3,(H,23,26)(H,22,24,25). The summed E-state index contributed by atoms with van der Waals surface area (Å²) in [5.41, 5.74) is 4.96. The van der Waals surface area contributed by atoms with E-state index in [0.29, 0.717) is 24.6 Å². The van der Waals surface area contributed by atoms with E-state index in [1.54, 1.807) is 6.07 Å². The summed E-state index contributed by atoms with van der Waals surface area (Å²) in [5.74, 6) is 0.413. The van der Waals surface area contributed by atoms with E-state index >= 15 is 0 Å². The zero-order valence-corrected chi connectivity index (χ0v) is 15.0. The fraction of sp³-hybridized carbons (Fsp3) is 0.190. The number of nitrogens with one attached hydrogen (secondary N) is 2. The van der Waals surface area contributed by atoms with Gasteiger partial charge in [0.25, 0.3) is 5.91 Å². The van der Waals surface area contributed by atoms with Gasteiger partial charge >= 0.3 is 0 Å². The van der Waals surface area contributed by atoms with Gasteiger partial charge in [-0.05, 0) is 30.5 Å². The van der Waals surface area contributed by atoms with Crippen LogP contribution in [0.1, 0.15) is 32.7 Å². The Hall–Kier alpha value is -3.21. The van der Waals surface area contributed by atoms with Crippen molar-refractivity contribution in [3.63, 3.8) is 0 Å². The molecule has 0 spiro atoms. The molecule has 1 aromatic heterocycles. The number of benzene rings is 2. The van der Waals surface area contributed by atoms with Gasteiger partial charge in [-0.1, -0.05) is 54.1 Å². The first-order valence-corrected chi connectivity index (χ1v) is 8.56. The number of carbonyl (C=O) groups is 1. The van der Waals surface area contributed by atoms with E-state index in [-0.39, 0.29) is 5.91 Å². The highest BCUT2D eigenvalue weighted by molar-refractivity contribution is 5.92. The Morgan fingerprint density at radius 2 is 1.73 bits per heavy atom. The lowest BCUT2D eigenvalue weighted by Crippen LogP contribution is -2.24. The summed E-state index contributed by atoms with van der Waals surface area (Å²) < 4.78 is 0. The van der Waals surface area contributed by atoms with Gasteiger partial charge in [-0.2, -0.15) is 0 Å². The van der Waals surface area contributed by atoms with Crippen molar-refractivity contribution in [2.75, 3.05) is 5.32 Å². The summed E-state index contributed by atoms with van der Waals surface area (Å²) >= 11 is 0. The first-order chi connectivity index (χ1) is 12.6. The van der Waals surface area contributed by atoms with Crippen LogP contribution in [0.25, 0.3) is 0 Å². The predicted octanol–water partition coefficient (Wildman–Crippen LogP) is 3.64. The van der Waals surface area contributed by atoms with Gasteiger partial charge < -0.3 is 10.6 Å². The molecule has 0 saturated carbocycles. The Kier molecular flexibility index (Phi) is 5.59. The second kappa shape index (κ2) is 8.25. The number of nitrogens with zero attached hydrogens (tertiary/aromatic N) is 2. The molecule has 0 fully saturated rings. The van der Waals surface area contributed by atoms with Crippen LogP contribution < -0.4 is 10.6 Å². The second-order valence-corrected chi connectivity index (χ2v) is 6.24. The van der Waals surface area contributed by atoms with Crippen LogP contribution in [-0.4, -0.2) is 15.9 Å². The van der Waals surface area contributed by atoms with E-state index in [2.05, 4.69) is 51.8 Å². The van der Waals surface area contributed by atoms with Crippen molar-refractivity contribution in [2.45, 2.75) is 26.9 Å². The van der Waals surface area contributed by atoms with Gasteiger partial charge in [0.1, 0.15) is 17.8 Å². The minimum atomic E-state index is -0.214. The quantitative estimate of drug-likeness (QED) is 0.715. The van der Waals surface area contributed by atoms with Crippen LogP contribution in [0.15, 0.2) is 60.9 Å². The Bertz CT molecular complexity index is 891. The summed E-state index contributed by atoms with van der Waals surface area (Å²) in [7, 11) is 0. The van der Waals surface area contributed by atoms with Crippen LogP contribution in [0.2, 0.25) is 0 Å². The fourth-order valence-corrected chi connectivity index (χ4v) is 2.55. The molecule has 5 heteroatoms. The molecule has 3 rings (SSSR count). The molecule has 1 amide bonds. The average Bonchev–Trinajstić information content (AvgIpc) is 2.67. The number of anilines is 1. The Labute approximate surface area is 153 Å². The number of hydrogen-bond donors (Lipinski definition) is 2. The van der Waals surface area contributed by atoms with Crippen molar-refractivity contribution in [3.05, 3.63) is 88.9 Å². The maximum Gasteiger partial charge on any atom is 0.270 e. The molecule has 1 heterocycles. The third-order valence-corrected chi connectivity index (χ3v) is 4.19. The van der Waals surface area contributed by atoms with Gasteiger partial charge in [0.05, 0.1) is 0 Å².